The molecule has 1 fully saturated rings. The van der Waals surface area contributed by atoms with Gasteiger partial charge in [0, 0.05) is 12.7 Å². The van der Waals surface area contributed by atoms with Crippen molar-refractivity contribution in [2.75, 3.05) is 13.1 Å². The molecule has 0 radical (unpaired) electrons. The molecule has 0 N–H and O–H groups in total. The fraction of sp³-hybridized carbons (Fsp3) is 0.308. The lowest BCUT2D eigenvalue weighted by Gasteiger charge is -2.16. The van der Waals surface area contributed by atoms with Gasteiger partial charge in [-0.2, -0.15) is 4.31 Å². The van der Waals surface area contributed by atoms with Gasteiger partial charge < -0.3 is 4.74 Å². The normalized spacial score (nSPS) is 19.8. The number of sulfonamides is 1. The maximum absolute atomic E-state index is 12.5. The number of aromatic nitrogens is 1. The number of ether oxygens (including phenoxy) is 1. The molecular formula is C13H13BrN2O3S2. The first-order chi connectivity index (χ1) is 10.1. The molecule has 0 spiro atoms. The van der Waals surface area contributed by atoms with Gasteiger partial charge in [-0.1, -0.05) is 0 Å². The molecule has 1 saturated heterocycles. The monoisotopic (exact) mass is 388 g/mol. The minimum Gasteiger partial charge on any atom is -0.487 e. The van der Waals surface area contributed by atoms with Crippen molar-refractivity contribution < 1.29 is 13.2 Å². The van der Waals surface area contributed by atoms with Crippen LogP contribution >= 0.6 is 27.3 Å². The van der Waals surface area contributed by atoms with E-state index in [2.05, 4.69) is 20.9 Å². The summed E-state index contributed by atoms with van der Waals surface area (Å²) in [4.78, 5) is 3.98. The molecule has 0 unspecified atom stereocenters. The highest BCUT2D eigenvalue weighted by atomic mass is 79.9. The molecule has 2 aromatic rings. The predicted octanol–water partition coefficient (Wildman–Crippen LogP) is 2.75. The lowest BCUT2D eigenvalue weighted by Crippen LogP contribution is -2.30. The molecule has 0 saturated carbocycles. The van der Waals surface area contributed by atoms with Gasteiger partial charge in [-0.15, -0.1) is 11.3 Å². The summed E-state index contributed by atoms with van der Waals surface area (Å²) in [7, 11) is -3.42. The third-order valence-corrected chi connectivity index (χ3v) is 7.14. The van der Waals surface area contributed by atoms with Gasteiger partial charge in [0.2, 0.25) is 0 Å². The molecule has 1 aliphatic rings. The van der Waals surface area contributed by atoms with Gasteiger partial charge in [-0.3, -0.25) is 4.98 Å². The largest absolute Gasteiger partial charge is 0.487 e. The number of rotatable bonds is 4. The third kappa shape index (κ3) is 3.28. The van der Waals surface area contributed by atoms with Gasteiger partial charge in [0.05, 0.1) is 16.5 Å². The molecule has 1 aliphatic heterocycles. The number of hydrogen-bond acceptors (Lipinski definition) is 5. The topological polar surface area (TPSA) is 59.5 Å². The van der Waals surface area contributed by atoms with Gasteiger partial charge in [-0.25, -0.2) is 8.42 Å². The molecule has 3 rings (SSSR count). The molecule has 1 atom stereocenters. The number of pyridine rings is 1. The van der Waals surface area contributed by atoms with Crippen LogP contribution in [0, 0.1) is 0 Å². The van der Waals surface area contributed by atoms with Crippen molar-refractivity contribution in [1.82, 2.24) is 9.29 Å². The van der Waals surface area contributed by atoms with Crippen LogP contribution in [0.15, 0.2) is 44.7 Å². The molecular weight excluding hydrogens is 376 g/mol. The first-order valence-corrected chi connectivity index (χ1v) is 9.43. The van der Waals surface area contributed by atoms with E-state index in [1.807, 2.05) is 6.07 Å². The molecule has 0 aliphatic carbocycles. The molecule has 0 amide bonds. The van der Waals surface area contributed by atoms with E-state index in [4.69, 9.17) is 4.74 Å². The highest BCUT2D eigenvalue weighted by Crippen LogP contribution is 2.30. The van der Waals surface area contributed by atoms with E-state index < -0.39 is 10.0 Å². The van der Waals surface area contributed by atoms with Crippen LogP contribution in [0.3, 0.4) is 0 Å². The summed E-state index contributed by atoms with van der Waals surface area (Å²) < 4.78 is 33.4. The number of halogens is 1. The average Bonchev–Trinajstić information content (AvgIpc) is 3.10. The van der Waals surface area contributed by atoms with Crippen molar-refractivity contribution in [3.05, 3.63) is 40.4 Å². The van der Waals surface area contributed by atoms with Crippen LogP contribution in [-0.2, 0) is 10.0 Å². The van der Waals surface area contributed by atoms with E-state index in [9.17, 15) is 8.42 Å². The summed E-state index contributed by atoms with van der Waals surface area (Å²) in [6.45, 7) is 0.843. The molecule has 3 heterocycles. The summed E-state index contributed by atoms with van der Waals surface area (Å²) in [6, 6.07) is 6.99. The van der Waals surface area contributed by atoms with E-state index >= 15 is 0 Å². The van der Waals surface area contributed by atoms with E-state index in [-0.39, 0.29) is 6.10 Å². The van der Waals surface area contributed by atoms with Crippen LogP contribution in [0.1, 0.15) is 6.42 Å². The zero-order valence-corrected chi connectivity index (χ0v) is 14.2. The number of nitrogens with zero attached hydrogens (tertiary/aromatic N) is 2. The van der Waals surface area contributed by atoms with E-state index in [1.54, 1.807) is 30.6 Å². The standard InChI is InChI=1S/C13H13BrN2O3S2/c14-12-3-4-13(20-12)21(17,18)16-7-5-11(9-16)19-10-2-1-6-15-8-10/h1-4,6,8,11H,5,7,9H2/t11-/m0/s1. The van der Waals surface area contributed by atoms with Gasteiger partial charge >= 0.3 is 0 Å². The Morgan fingerprint density at radius 2 is 2.24 bits per heavy atom. The summed E-state index contributed by atoms with van der Waals surface area (Å²) >= 11 is 4.52. The second-order valence-electron chi connectivity index (χ2n) is 4.64. The smallest absolute Gasteiger partial charge is 0.252 e. The fourth-order valence-corrected chi connectivity index (χ4v) is 5.84. The van der Waals surface area contributed by atoms with E-state index in [0.717, 1.165) is 3.79 Å². The minimum atomic E-state index is -3.42. The van der Waals surface area contributed by atoms with Crippen molar-refractivity contribution in [2.45, 2.75) is 16.7 Å². The van der Waals surface area contributed by atoms with Gasteiger partial charge in [0.1, 0.15) is 16.1 Å². The van der Waals surface area contributed by atoms with Gasteiger partial charge in [0.15, 0.2) is 0 Å². The van der Waals surface area contributed by atoms with Crippen molar-refractivity contribution in [2.24, 2.45) is 0 Å². The molecule has 0 aromatic carbocycles. The number of hydrogen-bond donors (Lipinski definition) is 0. The first-order valence-electron chi connectivity index (χ1n) is 6.38. The van der Waals surface area contributed by atoms with E-state index in [0.29, 0.717) is 29.5 Å². The van der Waals surface area contributed by atoms with Crippen molar-refractivity contribution >= 4 is 37.3 Å². The van der Waals surface area contributed by atoms with Crippen molar-refractivity contribution in [3.8, 4) is 5.75 Å². The lowest BCUT2D eigenvalue weighted by atomic mass is 10.3. The second kappa shape index (κ2) is 6.04. The number of thiophene rings is 1. The van der Waals surface area contributed by atoms with Gasteiger partial charge in [-0.05, 0) is 46.6 Å². The Morgan fingerprint density at radius 3 is 2.90 bits per heavy atom. The van der Waals surface area contributed by atoms with Crippen LogP contribution in [0.4, 0.5) is 0 Å². The Balaban J connectivity index is 1.69. The van der Waals surface area contributed by atoms with Crippen LogP contribution in [0.5, 0.6) is 5.75 Å². The SMILES string of the molecule is O=S(=O)(c1ccc(Br)s1)N1CC[C@H](Oc2cccnc2)C1. The molecule has 5 nitrogen and oxygen atoms in total. The molecule has 2 aromatic heterocycles. The minimum absolute atomic E-state index is 0.132. The molecule has 0 bridgehead atoms. The zero-order valence-electron chi connectivity index (χ0n) is 11.0. The van der Waals surface area contributed by atoms with Crippen LogP contribution in [-0.4, -0.2) is 36.9 Å². The third-order valence-electron chi connectivity index (χ3n) is 3.19. The quantitative estimate of drug-likeness (QED) is 0.807. The molecule has 21 heavy (non-hydrogen) atoms. The van der Waals surface area contributed by atoms with E-state index in [1.165, 1.54) is 15.6 Å². The van der Waals surface area contributed by atoms with Gasteiger partial charge in [0.25, 0.3) is 10.0 Å². The second-order valence-corrected chi connectivity index (χ2v) is 9.27. The van der Waals surface area contributed by atoms with Crippen molar-refractivity contribution in [1.29, 1.82) is 0 Å². The summed E-state index contributed by atoms with van der Waals surface area (Å²) in [6.07, 6.45) is 3.86. The maximum Gasteiger partial charge on any atom is 0.252 e. The predicted molar refractivity (Wildman–Crippen MR) is 84.0 cm³/mol. The van der Waals surface area contributed by atoms with Crippen LogP contribution in [0.25, 0.3) is 0 Å². The first kappa shape index (κ1) is 15.0. The summed E-state index contributed by atoms with van der Waals surface area (Å²) in [5.74, 6) is 0.667. The Bertz CT molecular complexity index is 718. The van der Waals surface area contributed by atoms with Crippen LogP contribution in [0.2, 0.25) is 0 Å². The van der Waals surface area contributed by atoms with Crippen LogP contribution < -0.4 is 4.74 Å². The fourth-order valence-electron chi connectivity index (χ4n) is 2.19. The Morgan fingerprint density at radius 1 is 1.38 bits per heavy atom. The summed E-state index contributed by atoms with van der Waals surface area (Å²) in [5.41, 5.74) is 0. The Kier molecular flexibility index (Phi) is 4.30. The Hall–Kier alpha value is -0.960. The zero-order chi connectivity index (χ0) is 14.9. The Labute approximate surface area is 135 Å². The lowest BCUT2D eigenvalue weighted by molar-refractivity contribution is 0.215. The molecule has 112 valence electrons. The molecule has 8 heteroatoms. The maximum atomic E-state index is 12.5. The van der Waals surface area contributed by atoms with Crippen molar-refractivity contribution in [3.63, 3.8) is 0 Å². The average molecular weight is 389 g/mol. The highest BCUT2D eigenvalue weighted by molar-refractivity contribution is 9.11. The highest BCUT2D eigenvalue weighted by Gasteiger charge is 2.34. The summed E-state index contributed by atoms with van der Waals surface area (Å²) in [5, 5.41) is 0.